The summed E-state index contributed by atoms with van der Waals surface area (Å²) in [4.78, 5) is 13.8. The van der Waals surface area contributed by atoms with E-state index in [4.69, 9.17) is 0 Å². The Balaban J connectivity index is 0.000000980. The maximum absolute atomic E-state index is 11.8. The minimum atomic E-state index is 0. The third-order valence-electron chi connectivity index (χ3n) is 3.38. The standard InChI is InChI=1S/C10H18N2O.ClH/c1-12(9-5-6-11-7-9)10(13)8-3-2-4-8;/h8-9,11H,2-7H2,1H3;1H/t9-;/m1./s1. The molecule has 4 heteroatoms. The van der Waals surface area contributed by atoms with Gasteiger partial charge in [-0.05, 0) is 25.8 Å². The van der Waals surface area contributed by atoms with Gasteiger partial charge in [0.15, 0.2) is 0 Å². The van der Waals surface area contributed by atoms with E-state index in [0.29, 0.717) is 17.9 Å². The highest BCUT2D eigenvalue weighted by Crippen LogP contribution is 2.28. The molecule has 0 aromatic carbocycles. The lowest BCUT2D eigenvalue weighted by Crippen LogP contribution is -2.43. The van der Waals surface area contributed by atoms with Gasteiger partial charge in [-0.3, -0.25) is 4.79 Å². The number of amides is 1. The van der Waals surface area contributed by atoms with Crippen LogP contribution in [-0.4, -0.2) is 37.0 Å². The van der Waals surface area contributed by atoms with Crippen LogP contribution in [-0.2, 0) is 4.79 Å². The van der Waals surface area contributed by atoms with E-state index in [2.05, 4.69) is 5.32 Å². The fourth-order valence-corrected chi connectivity index (χ4v) is 2.09. The molecule has 1 saturated carbocycles. The number of carbonyl (C=O) groups is 1. The zero-order valence-corrected chi connectivity index (χ0v) is 9.48. The smallest absolute Gasteiger partial charge is 0.225 e. The van der Waals surface area contributed by atoms with E-state index >= 15 is 0 Å². The normalized spacial score (nSPS) is 26.5. The molecule has 3 nitrogen and oxygen atoms in total. The molecule has 1 N–H and O–H groups in total. The molecule has 1 aliphatic carbocycles. The fourth-order valence-electron chi connectivity index (χ4n) is 2.09. The van der Waals surface area contributed by atoms with Crippen LogP contribution in [0.4, 0.5) is 0 Å². The van der Waals surface area contributed by atoms with Crippen molar-refractivity contribution in [2.75, 3.05) is 20.1 Å². The number of nitrogens with one attached hydrogen (secondary N) is 1. The minimum Gasteiger partial charge on any atom is -0.341 e. The molecule has 1 atom stereocenters. The summed E-state index contributed by atoms with van der Waals surface area (Å²) in [6, 6.07) is 0.452. The Labute approximate surface area is 91.6 Å². The van der Waals surface area contributed by atoms with Gasteiger partial charge in [-0.15, -0.1) is 12.4 Å². The number of hydrogen-bond acceptors (Lipinski definition) is 2. The number of rotatable bonds is 2. The Morgan fingerprint density at radius 3 is 2.50 bits per heavy atom. The van der Waals surface area contributed by atoms with Crippen LogP contribution in [0.15, 0.2) is 0 Å². The zero-order valence-electron chi connectivity index (χ0n) is 8.66. The molecule has 2 fully saturated rings. The van der Waals surface area contributed by atoms with E-state index in [0.717, 1.165) is 32.4 Å². The summed E-state index contributed by atoms with van der Waals surface area (Å²) in [5, 5.41) is 3.29. The van der Waals surface area contributed by atoms with Crippen molar-refractivity contribution in [1.29, 1.82) is 0 Å². The van der Waals surface area contributed by atoms with Gasteiger partial charge in [0.1, 0.15) is 0 Å². The summed E-state index contributed by atoms with van der Waals surface area (Å²) < 4.78 is 0. The van der Waals surface area contributed by atoms with Crippen molar-refractivity contribution < 1.29 is 4.79 Å². The first-order chi connectivity index (χ1) is 6.29. The summed E-state index contributed by atoms with van der Waals surface area (Å²) >= 11 is 0. The molecule has 2 rings (SSSR count). The number of nitrogens with zero attached hydrogens (tertiary/aromatic N) is 1. The molecular formula is C10H19ClN2O. The highest BCUT2D eigenvalue weighted by atomic mass is 35.5. The summed E-state index contributed by atoms with van der Waals surface area (Å²) in [5.74, 6) is 0.727. The van der Waals surface area contributed by atoms with Crippen molar-refractivity contribution in [2.24, 2.45) is 5.92 Å². The number of likely N-dealkylation sites (N-methyl/N-ethyl adjacent to an activating group) is 1. The molecule has 82 valence electrons. The van der Waals surface area contributed by atoms with Crippen LogP contribution in [0.2, 0.25) is 0 Å². The Hall–Kier alpha value is -0.280. The summed E-state index contributed by atoms with van der Waals surface area (Å²) in [7, 11) is 1.96. The Bertz CT molecular complexity index is 200. The lowest BCUT2D eigenvalue weighted by Gasteiger charge is -2.32. The average molecular weight is 219 g/mol. The third-order valence-corrected chi connectivity index (χ3v) is 3.38. The molecule has 0 unspecified atom stereocenters. The van der Waals surface area contributed by atoms with Gasteiger partial charge < -0.3 is 10.2 Å². The van der Waals surface area contributed by atoms with Gasteiger partial charge in [-0.25, -0.2) is 0 Å². The van der Waals surface area contributed by atoms with Gasteiger partial charge in [0.25, 0.3) is 0 Å². The van der Waals surface area contributed by atoms with Crippen molar-refractivity contribution >= 4 is 18.3 Å². The summed E-state index contributed by atoms with van der Waals surface area (Å²) in [6.07, 6.45) is 4.59. The van der Waals surface area contributed by atoms with Crippen LogP contribution in [0.5, 0.6) is 0 Å². The highest BCUT2D eigenvalue weighted by molar-refractivity contribution is 5.85. The average Bonchev–Trinajstić information content (AvgIpc) is 2.51. The van der Waals surface area contributed by atoms with Crippen molar-refractivity contribution in [1.82, 2.24) is 10.2 Å². The van der Waals surface area contributed by atoms with E-state index in [1.165, 1.54) is 6.42 Å². The summed E-state index contributed by atoms with van der Waals surface area (Å²) in [5.41, 5.74) is 0. The van der Waals surface area contributed by atoms with Crippen molar-refractivity contribution in [2.45, 2.75) is 31.7 Å². The van der Waals surface area contributed by atoms with Crippen LogP contribution < -0.4 is 5.32 Å². The van der Waals surface area contributed by atoms with Crippen molar-refractivity contribution in [3.63, 3.8) is 0 Å². The molecule has 0 aromatic rings. The van der Waals surface area contributed by atoms with Gasteiger partial charge in [-0.2, -0.15) is 0 Å². The Morgan fingerprint density at radius 1 is 1.36 bits per heavy atom. The van der Waals surface area contributed by atoms with Gasteiger partial charge >= 0.3 is 0 Å². The number of halogens is 1. The molecule has 1 amide bonds. The largest absolute Gasteiger partial charge is 0.341 e. The molecule has 2 aliphatic rings. The molecule has 1 heterocycles. The fraction of sp³-hybridized carbons (Fsp3) is 0.900. The number of hydrogen-bond donors (Lipinski definition) is 1. The van der Waals surface area contributed by atoms with Gasteiger partial charge in [0.05, 0.1) is 0 Å². The van der Waals surface area contributed by atoms with Crippen LogP contribution in [0.25, 0.3) is 0 Å². The van der Waals surface area contributed by atoms with E-state index in [9.17, 15) is 4.79 Å². The Kier molecular flexibility index (Phi) is 4.20. The monoisotopic (exact) mass is 218 g/mol. The molecular weight excluding hydrogens is 200 g/mol. The van der Waals surface area contributed by atoms with Crippen molar-refractivity contribution in [3.05, 3.63) is 0 Å². The van der Waals surface area contributed by atoms with Crippen LogP contribution in [0, 0.1) is 5.92 Å². The molecule has 1 aliphatic heterocycles. The Morgan fingerprint density at radius 2 is 2.07 bits per heavy atom. The molecule has 0 spiro atoms. The molecule has 0 bridgehead atoms. The second kappa shape index (κ2) is 4.99. The van der Waals surface area contributed by atoms with Gasteiger partial charge in [-0.1, -0.05) is 6.42 Å². The minimum absolute atomic E-state index is 0. The molecule has 14 heavy (non-hydrogen) atoms. The lowest BCUT2D eigenvalue weighted by molar-refractivity contribution is -0.138. The summed E-state index contributed by atoms with van der Waals surface area (Å²) in [6.45, 7) is 2.04. The first-order valence-corrected chi connectivity index (χ1v) is 5.26. The first kappa shape index (κ1) is 11.8. The molecule has 0 radical (unpaired) electrons. The van der Waals surface area contributed by atoms with Crippen LogP contribution in [0.1, 0.15) is 25.7 Å². The maximum Gasteiger partial charge on any atom is 0.225 e. The van der Waals surface area contributed by atoms with E-state index in [1.54, 1.807) is 0 Å². The molecule has 0 aromatic heterocycles. The van der Waals surface area contributed by atoms with E-state index < -0.39 is 0 Å². The van der Waals surface area contributed by atoms with E-state index in [-0.39, 0.29) is 12.4 Å². The second-order valence-electron chi connectivity index (χ2n) is 4.22. The second-order valence-corrected chi connectivity index (χ2v) is 4.22. The molecule has 1 saturated heterocycles. The number of carbonyl (C=O) groups excluding carboxylic acids is 1. The van der Waals surface area contributed by atoms with Crippen LogP contribution in [0.3, 0.4) is 0 Å². The highest BCUT2D eigenvalue weighted by Gasteiger charge is 2.31. The predicted molar refractivity (Wildman–Crippen MR) is 58.6 cm³/mol. The van der Waals surface area contributed by atoms with E-state index in [1.807, 2.05) is 11.9 Å². The van der Waals surface area contributed by atoms with Crippen LogP contribution >= 0.6 is 12.4 Å². The predicted octanol–water partition coefficient (Wildman–Crippen LogP) is 1.03. The zero-order chi connectivity index (χ0) is 9.26. The quantitative estimate of drug-likeness (QED) is 0.751. The lowest BCUT2D eigenvalue weighted by atomic mass is 9.84. The first-order valence-electron chi connectivity index (χ1n) is 5.26. The van der Waals surface area contributed by atoms with Gasteiger partial charge in [0, 0.05) is 25.6 Å². The van der Waals surface area contributed by atoms with Crippen molar-refractivity contribution in [3.8, 4) is 0 Å². The maximum atomic E-state index is 11.8. The van der Waals surface area contributed by atoms with Gasteiger partial charge in [0.2, 0.25) is 5.91 Å². The topological polar surface area (TPSA) is 32.3 Å². The SMILES string of the molecule is CN(C(=O)C1CCC1)[C@@H]1CCNC1.Cl. The third kappa shape index (κ3) is 2.20.